The molecule has 12 heavy (non-hydrogen) atoms. The van der Waals surface area contributed by atoms with E-state index in [0.717, 1.165) is 0 Å². The van der Waals surface area contributed by atoms with Crippen molar-refractivity contribution in [1.82, 2.24) is 0 Å². The average Bonchev–Trinajstić information content (AvgIpc) is 1.78. The van der Waals surface area contributed by atoms with Gasteiger partial charge in [-0.1, -0.05) is 7.43 Å². The summed E-state index contributed by atoms with van der Waals surface area (Å²) in [5, 5.41) is 14.9. The molecule has 0 aliphatic carbocycles. The molecule has 0 amide bonds. The molecule has 3 radical (unpaired) electrons. The molecule has 0 aliphatic rings. The Balaban J connectivity index is -0.000000405. The molecule has 0 saturated carbocycles. The summed E-state index contributed by atoms with van der Waals surface area (Å²) in [4.78, 5) is 0. The Morgan fingerprint density at radius 3 is 1.92 bits per heavy atom. The zero-order valence-corrected chi connectivity index (χ0v) is 7.57. The van der Waals surface area contributed by atoms with E-state index in [4.69, 9.17) is 0 Å². The molecule has 5 heteroatoms. The van der Waals surface area contributed by atoms with Crippen LogP contribution in [0.4, 0.5) is 0 Å². The maximum absolute atomic E-state index is 3.97. The zero-order chi connectivity index (χ0) is 8.04. The summed E-state index contributed by atoms with van der Waals surface area (Å²) in [5.74, 6) is 0. The van der Waals surface area contributed by atoms with E-state index in [-0.39, 0.29) is 21.4 Å². The van der Waals surface area contributed by atoms with Gasteiger partial charge in [-0.2, -0.15) is 20.5 Å². The molecule has 0 atom stereocenters. The van der Waals surface area contributed by atoms with Crippen LogP contribution in [-0.2, 0) is 0 Å². The second kappa shape index (κ2) is 8.36. The molecule has 0 heterocycles. The minimum atomic E-state index is -0.0940. The molecule has 0 N–H and O–H groups in total. The van der Waals surface area contributed by atoms with E-state index in [1.807, 2.05) is 20.8 Å². The lowest BCUT2D eigenvalue weighted by Gasteiger charge is -2.07. The smallest absolute Gasteiger partial charge is 0.170 e. The number of azo groups is 2. The van der Waals surface area contributed by atoms with Gasteiger partial charge in [0.2, 0.25) is 0 Å². The predicted molar refractivity (Wildman–Crippen MR) is 52.7 cm³/mol. The lowest BCUT2D eigenvalue weighted by Crippen LogP contribution is -2.07. The molecular weight excluding hydrogens is 151 g/mol. The van der Waals surface area contributed by atoms with Crippen LogP contribution in [0.15, 0.2) is 20.5 Å². The van der Waals surface area contributed by atoms with Crippen molar-refractivity contribution in [1.29, 1.82) is 0 Å². The number of hydrogen-bond acceptors (Lipinski definition) is 4. The van der Waals surface area contributed by atoms with Gasteiger partial charge in [-0.15, -0.1) is 0 Å². The third-order valence-corrected chi connectivity index (χ3v) is 0.639. The quantitative estimate of drug-likeness (QED) is 0.450. The monoisotopic (exact) mass is 169 g/mol. The van der Waals surface area contributed by atoms with Crippen molar-refractivity contribution < 1.29 is 0 Å². The van der Waals surface area contributed by atoms with Crippen LogP contribution in [-0.4, -0.2) is 27.7 Å². The van der Waals surface area contributed by atoms with E-state index in [0.29, 0.717) is 6.67 Å². The predicted octanol–water partition coefficient (Wildman–Crippen LogP) is 2.53. The third kappa shape index (κ3) is 16.1. The molecular formula is C7H18BN4. The van der Waals surface area contributed by atoms with E-state index in [2.05, 4.69) is 20.5 Å². The zero-order valence-electron chi connectivity index (χ0n) is 7.57. The Kier molecular flexibility index (Phi) is 12.1. The molecule has 0 saturated heterocycles. The highest BCUT2D eigenvalue weighted by Gasteiger charge is 2.05. The van der Waals surface area contributed by atoms with E-state index < -0.39 is 0 Å². The van der Waals surface area contributed by atoms with Crippen molar-refractivity contribution >= 4 is 8.41 Å². The van der Waals surface area contributed by atoms with Crippen molar-refractivity contribution in [3.05, 3.63) is 0 Å². The van der Waals surface area contributed by atoms with Crippen molar-refractivity contribution in [2.24, 2.45) is 20.5 Å². The van der Waals surface area contributed by atoms with Gasteiger partial charge in [0.15, 0.2) is 6.67 Å². The van der Waals surface area contributed by atoms with E-state index in [9.17, 15) is 0 Å². The molecule has 0 bridgehead atoms. The van der Waals surface area contributed by atoms with Crippen LogP contribution >= 0.6 is 0 Å². The maximum atomic E-state index is 3.97. The molecule has 0 spiro atoms. The third-order valence-electron chi connectivity index (χ3n) is 0.639. The molecule has 4 nitrogen and oxygen atoms in total. The van der Waals surface area contributed by atoms with Crippen LogP contribution in [0.25, 0.3) is 0 Å². The van der Waals surface area contributed by atoms with Gasteiger partial charge < -0.3 is 0 Å². The number of nitrogens with zero attached hydrogens (tertiary/aromatic N) is 4. The minimum Gasteiger partial charge on any atom is -0.196 e. The standard InChI is InChI=1S/C6H14N4.CH4.B/c1-6(2,3)10-9-5-8-7-4;;/h5H2,1-4H3;1H4;. The Morgan fingerprint density at radius 1 is 1.08 bits per heavy atom. The van der Waals surface area contributed by atoms with Crippen molar-refractivity contribution in [3.8, 4) is 0 Å². The number of rotatable bonds is 2. The molecule has 0 aliphatic heterocycles. The van der Waals surface area contributed by atoms with Crippen molar-refractivity contribution in [2.75, 3.05) is 13.7 Å². The molecule has 0 aromatic rings. The summed E-state index contributed by atoms with van der Waals surface area (Å²) >= 11 is 0. The number of hydrogen-bond donors (Lipinski definition) is 0. The normalized spacial score (nSPS) is 11.3. The Hall–Kier alpha value is -0.735. The fourth-order valence-electron chi connectivity index (χ4n) is 0.335. The van der Waals surface area contributed by atoms with Gasteiger partial charge in [-0.3, -0.25) is 0 Å². The SMILES string of the molecule is C.CN=NCN=NC(C)(C)C.[B]. The first-order chi connectivity index (χ1) is 4.56. The largest absolute Gasteiger partial charge is 0.196 e. The lowest BCUT2D eigenvalue weighted by molar-refractivity contribution is 0.538. The van der Waals surface area contributed by atoms with Crippen molar-refractivity contribution in [3.63, 3.8) is 0 Å². The second-order valence-electron chi connectivity index (χ2n) is 2.90. The maximum Gasteiger partial charge on any atom is 0.170 e. The van der Waals surface area contributed by atoms with E-state index >= 15 is 0 Å². The van der Waals surface area contributed by atoms with Crippen LogP contribution in [0.5, 0.6) is 0 Å². The highest BCUT2D eigenvalue weighted by molar-refractivity contribution is 5.75. The van der Waals surface area contributed by atoms with Gasteiger partial charge in [0.1, 0.15) is 0 Å². The summed E-state index contributed by atoms with van der Waals surface area (Å²) in [6.45, 7) is 6.30. The molecule has 0 rings (SSSR count). The van der Waals surface area contributed by atoms with E-state index in [1.54, 1.807) is 7.05 Å². The van der Waals surface area contributed by atoms with Gasteiger partial charge in [0.05, 0.1) is 5.54 Å². The van der Waals surface area contributed by atoms with Crippen molar-refractivity contribution in [2.45, 2.75) is 33.7 Å². The Morgan fingerprint density at radius 2 is 1.58 bits per heavy atom. The highest BCUT2D eigenvalue weighted by atomic mass is 15.2. The summed E-state index contributed by atoms with van der Waals surface area (Å²) in [5.41, 5.74) is -0.0940. The summed E-state index contributed by atoms with van der Waals surface area (Å²) in [6.07, 6.45) is 0. The molecule has 0 unspecified atom stereocenters. The summed E-state index contributed by atoms with van der Waals surface area (Å²) in [6, 6.07) is 0. The van der Waals surface area contributed by atoms with Crippen LogP contribution in [0.3, 0.4) is 0 Å². The van der Waals surface area contributed by atoms with Gasteiger partial charge in [-0.05, 0) is 20.8 Å². The fourth-order valence-corrected chi connectivity index (χ4v) is 0.335. The highest BCUT2D eigenvalue weighted by Crippen LogP contribution is 2.05. The van der Waals surface area contributed by atoms with Crippen LogP contribution in [0.1, 0.15) is 28.2 Å². The summed E-state index contributed by atoms with van der Waals surface area (Å²) < 4.78 is 0. The van der Waals surface area contributed by atoms with Gasteiger partial charge in [0, 0.05) is 15.5 Å². The molecule has 0 aromatic carbocycles. The molecule has 0 aromatic heterocycles. The topological polar surface area (TPSA) is 49.4 Å². The summed E-state index contributed by atoms with van der Waals surface area (Å²) in [7, 11) is 1.62. The average molecular weight is 169 g/mol. The fraction of sp³-hybridized carbons (Fsp3) is 1.00. The molecule has 0 fully saturated rings. The van der Waals surface area contributed by atoms with Crippen LogP contribution in [0.2, 0.25) is 0 Å². The first-order valence-electron chi connectivity index (χ1n) is 3.20. The first kappa shape index (κ1) is 17.4. The van der Waals surface area contributed by atoms with Gasteiger partial charge >= 0.3 is 0 Å². The van der Waals surface area contributed by atoms with E-state index in [1.165, 1.54) is 0 Å². The Labute approximate surface area is 77.2 Å². The Bertz CT molecular complexity index is 137. The second-order valence-corrected chi connectivity index (χ2v) is 2.90. The molecule has 69 valence electrons. The van der Waals surface area contributed by atoms with Crippen LogP contribution < -0.4 is 0 Å². The minimum absolute atomic E-state index is 0. The van der Waals surface area contributed by atoms with Gasteiger partial charge in [0.25, 0.3) is 0 Å². The first-order valence-corrected chi connectivity index (χ1v) is 3.20. The van der Waals surface area contributed by atoms with Gasteiger partial charge in [-0.25, -0.2) is 0 Å². The van der Waals surface area contributed by atoms with Crippen LogP contribution in [0, 0.1) is 0 Å². The lowest BCUT2D eigenvalue weighted by atomic mass is 10.1.